The molecule has 0 aromatic carbocycles. The third-order valence-electron chi connectivity index (χ3n) is 6.67. The van der Waals surface area contributed by atoms with Gasteiger partial charge >= 0.3 is 6.09 Å². The Labute approximate surface area is 184 Å². The molecular formula is C23H34N6O2. The first-order chi connectivity index (χ1) is 14.6. The van der Waals surface area contributed by atoms with E-state index in [4.69, 9.17) is 4.74 Å². The zero-order chi connectivity index (χ0) is 22.4. The Morgan fingerprint density at radius 2 is 1.97 bits per heavy atom. The van der Waals surface area contributed by atoms with E-state index in [-0.39, 0.29) is 6.09 Å². The zero-order valence-corrected chi connectivity index (χ0v) is 19.6. The highest BCUT2D eigenvalue weighted by Gasteiger charge is 2.55. The molecule has 1 aliphatic carbocycles. The molecule has 3 heterocycles. The number of aryl methyl sites for hydroxylation is 2. The van der Waals surface area contributed by atoms with Crippen LogP contribution in [0.1, 0.15) is 45.6 Å². The van der Waals surface area contributed by atoms with Crippen molar-refractivity contribution in [1.82, 2.24) is 24.9 Å². The summed E-state index contributed by atoms with van der Waals surface area (Å²) >= 11 is 0. The van der Waals surface area contributed by atoms with E-state index in [1.165, 1.54) is 6.42 Å². The van der Waals surface area contributed by atoms with Crippen LogP contribution in [0.5, 0.6) is 0 Å². The monoisotopic (exact) mass is 426 g/mol. The molecule has 0 N–H and O–H groups in total. The quantitative estimate of drug-likeness (QED) is 0.743. The van der Waals surface area contributed by atoms with E-state index < -0.39 is 5.60 Å². The standard InChI is InChI=1S/C23H34N6O2/c1-16-14-24-28(6)20(16)18-7-8-19(26-25-18)27(5)15-17-13-23(17)9-11-29(12-10-23)21(30)31-22(2,3)4/h7-8,14,17H,9-13,15H2,1-6H3. The maximum atomic E-state index is 12.3. The van der Waals surface area contributed by atoms with E-state index in [0.29, 0.717) is 11.3 Å². The van der Waals surface area contributed by atoms with Crippen LogP contribution in [0.15, 0.2) is 18.3 Å². The van der Waals surface area contributed by atoms with Gasteiger partial charge in [-0.1, -0.05) is 0 Å². The van der Waals surface area contributed by atoms with Gasteiger partial charge in [0.05, 0.1) is 11.9 Å². The van der Waals surface area contributed by atoms with Gasteiger partial charge in [-0.15, -0.1) is 10.2 Å². The number of carbonyl (C=O) groups is 1. The lowest BCUT2D eigenvalue weighted by molar-refractivity contribution is 0.0166. The molecular weight excluding hydrogens is 392 g/mol. The largest absolute Gasteiger partial charge is 0.444 e. The van der Waals surface area contributed by atoms with Crippen LogP contribution in [0.3, 0.4) is 0 Å². The summed E-state index contributed by atoms with van der Waals surface area (Å²) in [6, 6.07) is 4.06. The second-order valence-electron chi connectivity index (χ2n) is 10.2. The molecule has 8 heteroatoms. The molecule has 1 unspecified atom stereocenters. The van der Waals surface area contributed by atoms with Gasteiger partial charge in [0, 0.05) is 33.7 Å². The molecule has 1 atom stereocenters. The number of amides is 1. The summed E-state index contributed by atoms with van der Waals surface area (Å²) in [5.74, 6) is 1.52. The van der Waals surface area contributed by atoms with Crippen molar-refractivity contribution in [3.63, 3.8) is 0 Å². The van der Waals surface area contributed by atoms with Crippen molar-refractivity contribution >= 4 is 11.9 Å². The van der Waals surface area contributed by atoms with E-state index in [0.717, 1.165) is 55.2 Å². The summed E-state index contributed by atoms with van der Waals surface area (Å²) in [5.41, 5.74) is 2.86. The molecule has 0 bridgehead atoms. The van der Waals surface area contributed by atoms with Gasteiger partial charge in [0.25, 0.3) is 0 Å². The summed E-state index contributed by atoms with van der Waals surface area (Å²) in [6.07, 6.45) is 4.98. The lowest BCUT2D eigenvalue weighted by Crippen LogP contribution is -2.42. The van der Waals surface area contributed by atoms with Crippen LogP contribution in [0.2, 0.25) is 0 Å². The number of nitrogens with zero attached hydrogens (tertiary/aromatic N) is 6. The van der Waals surface area contributed by atoms with Gasteiger partial charge in [-0.25, -0.2) is 4.79 Å². The van der Waals surface area contributed by atoms with Gasteiger partial charge in [-0.2, -0.15) is 5.10 Å². The summed E-state index contributed by atoms with van der Waals surface area (Å²) < 4.78 is 7.36. The van der Waals surface area contributed by atoms with Crippen molar-refractivity contribution in [3.05, 3.63) is 23.9 Å². The summed E-state index contributed by atoms with van der Waals surface area (Å²) in [6.45, 7) is 10.3. The molecule has 2 aliphatic rings. The van der Waals surface area contributed by atoms with Crippen molar-refractivity contribution in [2.24, 2.45) is 18.4 Å². The first-order valence-electron chi connectivity index (χ1n) is 11.1. The molecule has 1 aliphatic heterocycles. The third-order valence-corrected chi connectivity index (χ3v) is 6.67. The predicted octanol–water partition coefficient (Wildman–Crippen LogP) is 3.66. The van der Waals surface area contributed by atoms with Gasteiger partial charge in [-0.05, 0) is 76.0 Å². The Morgan fingerprint density at radius 3 is 2.52 bits per heavy atom. The molecule has 1 saturated heterocycles. The number of aromatic nitrogens is 4. The van der Waals surface area contributed by atoms with E-state index in [1.807, 2.05) is 62.7 Å². The maximum Gasteiger partial charge on any atom is 0.410 e. The van der Waals surface area contributed by atoms with Gasteiger partial charge in [0.15, 0.2) is 5.82 Å². The van der Waals surface area contributed by atoms with Crippen LogP contribution in [0, 0.1) is 18.3 Å². The Bertz CT molecular complexity index is 918. The van der Waals surface area contributed by atoms with Crippen LogP contribution < -0.4 is 4.90 Å². The molecule has 0 radical (unpaired) electrons. The SMILES string of the molecule is Cc1cnn(C)c1-c1ccc(N(C)CC2CC23CCN(C(=O)OC(C)(C)C)CC3)nn1. The average Bonchev–Trinajstić information content (AvgIpc) is 3.23. The predicted molar refractivity (Wildman–Crippen MR) is 120 cm³/mol. The first kappa shape index (κ1) is 21.6. The Morgan fingerprint density at radius 1 is 1.26 bits per heavy atom. The fourth-order valence-corrected chi connectivity index (χ4v) is 4.76. The summed E-state index contributed by atoms with van der Waals surface area (Å²) in [7, 11) is 4.01. The molecule has 2 aromatic heterocycles. The maximum absolute atomic E-state index is 12.3. The fourth-order valence-electron chi connectivity index (χ4n) is 4.76. The van der Waals surface area contributed by atoms with Crippen molar-refractivity contribution in [2.75, 3.05) is 31.6 Å². The molecule has 1 saturated carbocycles. The Kier molecular flexibility index (Phi) is 5.43. The first-order valence-corrected chi connectivity index (χ1v) is 11.1. The number of ether oxygens (including phenoxy) is 1. The second-order valence-corrected chi connectivity index (χ2v) is 10.2. The normalized spacial score (nSPS) is 20.1. The fraction of sp³-hybridized carbons (Fsp3) is 0.652. The Balaban J connectivity index is 1.31. The smallest absolute Gasteiger partial charge is 0.410 e. The van der Waals surface area contributed by atoms with E-state index in [2.05, 4.69) is 27.2 Å². The van der Waals surface area contributed by atoms with Crippen molar-refractivity contribution in [3.8, 4) is 11.4 Å². The molecule has 8 nitrogen and oxygen atoms in total. The Hall–Kier alpha value is -2.64. The molecule has 1 amide bonds. The minimum atomic E-state index is -0.441. The van der Waals surface area contributed by atoms with E-state index in [9.17, 15) is 4.79 Å². The van der Waals surface area contributed by atoms with Crippen molar-refractivity contribution < 1.29 is 9.53 Å². The van der Waals surface area contributed by atoms with Gasteiger partial charge in [0.2, 0.25) is 0 Å². The lowest BCUT2D eigenvalue weighted by atomic mass is 9.91. The van der Waals surface area contributed by atoms with Crippen molar-refractivity contribution in [1.29, 1.82) is 0 Å². The molecule has 31 heavy (non-hydrogen) atoms. The number of anilines is 1. The number of hydrogen-bond acceptors (Lipinski definition) is 6. The number of piperidine rings is 1. The molecule has 4 rings (SSSR count). The van der Waals surface area contributed by atoms with Crippen molar-refractivity contribution in [2.45, 2.75) is 52.6 Å². The summed E-state index contributed by atoms with van der Waals surface area (Å²) in [4.78, 5) is 16.4. The van der Waals surface area contributed by atoms with Crippen LogP contribution in [-0.2, 0) is 11.8 Å². The van der Waals surface area contributed by atoms with Crippen LogP contribution in [-0.4, -0.2) is 63.3 Å². The van der Waals surface area contributed by atoms with Crippen LogP contribution in [0.4, 0.5) is 10.6 Å². The van der Waals surface area contributed by atoms with Gasteiger partial charge in [0.1, 0.15) is 11.3 Å². The second kappa shape index (κ2) is 7.80. The number of hydrogen-bond donors (Lipinski definition) is 0. The molecule has 2 fully saturated rings. The minimum Gasteiger partial charge on any atom is -0.444 e. The highest BCUT2D eigenvalue weighted by Crippen LogP contribution is 2.59. The number of carbonyl (C=O) groups excluding carboxylic acids is 1. The highest BCUT2D eigenvalue weighted by atomic mass is 16.6. The lowest BCUT2D eigenvalue weighted by Gasteiger charge is -2.34. The van der Waals surface area contributed by atoms with Gasteiger partial charge < -0.3 is 14.5 Å². The average molecular weight is 427 g/mol. The van der Waals surface area contributed by atoms with E-state index >= 15 is 0 Å². The van der Waals surface area contributed by atoms with Crippen LogP contribution in [0.25, 0.3) is 11.4 Å². The topological polar surface area (TPSA) is 76.4 Å². The molecule has 1 spiro atoms. The molecule has 2 aromatic rings. The number of rotatable bonds is 4. The van der Waals surface area contributed by atoms with Crippen LogP contribution >= 0.6 is 0 Å². The molecule has 168 valence electrons. The number of likely N-dealkylation sites (tertiary alicyclic amines) is 1. The summed E-state index contributed by atoms with van der Waals surface area (Å²) in [5, 5.41) is 13.2. The minimum absolute atomic E-state index is 0.185. The highest BCUT2D eigenvalue weighted by molar-refractivity contribution is 5.68. The van der Waals surface area contributed by atoms with E-state index in [1.54, 1.807) is 0 Å². The third kappa shape index (κ3) is 4.52. The van der Waals surface area contributed by atoms with Gasteiger partial charge in [-0.3, -0.25) is 4.68 Å². The zero-order valence-electron chi connectivity index (χ0n) is 19.6.